The van der Waals surface area contributed by atoms with E-state index in [1.54, 1.807) is 9.13 Å². The van der Waals surface area contributed by atoms with Crippen molar-refractivity contribution in [3.63, 3.8) is 0 Å². The Labute approximate surface area is 188 Å². The van der Waals surface area contributed by atoms with Gasteiger partial charge in [0.05, 0.1) is 17.5 Å². The van der Waals surface area contributed by atoms with Crippen LogP contribution in [0.15, 0.2) is 45.7 Å². The Morgan fingerprint density at radius 1 is 1.16 bits per heavy atom. The normalized spacial score (nSPS) is 17.8. The molecule has 0 fully saturated rings. The minimum Gasteiger partial charge on any atom is -0.481 e. The highest BCUT2D eigenvalue weighted by atomic mass is 79.9. The number of anilines is 1. The van der Waals surface area contributed by atoms with Gasteiger partial charge in [-0.2, -0.15) is 0 Å². The van der Waals surface area contributed by atoms with Crippen LogP contribution < -0.4 is 11.0 Å². The first kappa shape index (κ1) is 21.6. The quantitative estimate of drug-likeness (QED) is 0.471. The third-order valence-electron chi connectivity index (χ3n) is 5.76. The first-order chi connectivity index (χ1) is 14.7. The largest absolute Gasteiger partial charge is 0.481 e. The van der Waals surface area contributed by atoms with E-state index >= 15 is 0 Å². The molecule has 0 radical (unpaired) electrons. The maximum atomic E-state index is 13.3. The van der Waals surface area contributed by atoms with Crippen molar-refractivity contribution in [1.82, 2.24) is 9.13 Å². The predicted octanol–water partition coefficient (Wildman–Crippen LogP) is 3.77. The number of benzene rings is 2. The molecule has 2 heterocycles. The zero-order valence-electron chi connectivity index (χ0n) is 17.5. The molecule has 2 aromatic carbocycles. The second-order valence-corrected chi connectivity index (χ2v) is 9.45. The second-order valence-electron chi connectivity index (χ2n) is 8.54. The molecule has 1 aromatic heterocycles. The Bertz CT molecular complexity index is 1200. The number of carboxylic acid groups (broad SMARTS) is 1. The summed E-state index contributed by atoms with van der Waals surface area (Å²) in [5.74, 6) is -0.773. The van der Waals surface area contributed by atoms with Crippen LogP contribution in [-0.4, -0.2) is 31.5 Å². The molecule has 3 N–H and O–H groups in total. The van der Waals surface area contributed by atoms with Gasteiger partial charge in [-0.05, 0) is 47.7 Å². The maximum absolute atomic E-state index is 13.3. The van der Waals surface area contributed by atoms with Gasteiger partial charge < -0.3 is 15.5 Å². The molecule has 1 aliphatic heterocycles. The van der Waals surface area contributed by atoms with Gasteiger partial charge >= 0.3 is 11.7 Å². The standard InChI is InChI=1S/C23H26BrN3O4/c1-13(2)9-14-3-6-19-20(10-14)26(8-7-21(28)29)23(31)27(19)12-17-16-5-4-15(24)11-18(16)25-22(17)30/h3-6,10-11,13,17,22,25,30H,7-9,12H2,1-2H3,(H,28,29). The molecule has 8 heteroatoms. The lowest BCUT2D eigenvalue weighted by Gasteiger charge is -2.16. The van der Waals surface area contributed by atoms with E-state index in [2.05, 4.69) is 35.1 Å². The van der Waals surface area contributed by atoms with Crippen molar-refractivity contribution < 1.29 is 15.0 Å². The number of aromatic nitrogens is 2. The molecule has 2 unspecified atom stereocenters. The van der Waals surface area contributed by atoms with Crippen LogP contribution in [0.5, 0.6) is 0 Å². The highest BCUT2D eigenvalue weighted by molar-refractivity contribution is 9.10. The third-order valence-corrected chi connectivity index (χ3v) is 6.25. The van der Waals surface area contributed by atoms with Crippen molar-refractivity contribution >= 4 is 38.6 Å². The number of hydrogen-bond acceptors (Lipinski definition) is 4. The van der Waals surface area contributed by atoms with Gasteiger partial charge in [0.1, 0.15) is 6.23 Å². The lowest BCUT2D eigenvalue weighted by Crippen LogP contribution is -2.30. The van der Waals surface area contributed by atoms with Crippen molar-refractivity contribution in [3.8, 4) is 0 Å². The Morgan fingerprint density at radius 3 is 2.65 bits per heavy atom. The summed E-state index contributed by atoms with van der Waals surface area (Å²) in [4.78, 5) is 24.5. The van der Waals surface area contributed by atoms with E-state index < -0.39 is 12.2 Å². The smallest absolute Gasteiger partial charge is 0.329 e. The number of aliphatic carboxylic acids is 1. The van der Waals surface area contributed by atoms with E-state index in [0.29, 0.717) is 12.5 Å². The second kappa shape index (κ2) is 8.51. The van der Waals surface area contributed by atoms with Gasteiger partial charge in [0.15, 0.2) is 0 Å². The molecule has 31 heavy (non-hydrogen) atoms. The van der Waals surface area contributed by atoms with Crippen molar-refractivity contribution in [2.24, 2.45) is 5.92 Å². The molecule has 0 aliphatic carbocycles. The molecule has 0 spiro atoms. The first-order valence-electron chi connectivity index (χ1n) is 10.4. The molecule has 0 saturated heterocycles. The lowest BCUT2D eigenvalue weighted by atomic mass is 9.99. The summed E-state index contributed by atoms with van der Waals surface area (Å²) in [5, 5.41) is 22.9. The number of hydrogen-bond donors (Lipinski definition) is 3. The molecule has 1 aliphatic rings. The van der Waals surface area contributed by atoms with Crippen molar-refractivity contribution in [3.05, 3.63) is 62.5 Å². The summed E-state index contributed by atoms with van der Waals surface area (Å²) in [6.45, 7) is 4.67. The van der Waals surface area contributed by atoms with Crippen LogP contribution >= 0.6 is 15.9 Å². The Balaban J connectivity index is 1.78. The SMILES string of the molecule is CC(C)Cc1ccc2c(c1)n(CCC(=O)O)c(=O)n2CC1c2ccc(Br)cc2NC1O. The van der Waals surface area contributed by atoms with E-state index in [0.717, 1.165) is 38.7 Å². The zero-order chi connectivity index (χ0) is 22.3. The number of fused-ring (bicyclic) bond motifs is 2. The molecule has 164 valence electrons. The minimum atomic E-state index is -0.943. The van der Waals surface area contributed by atoms with Gasteiger partial charge in [0.2, 0.25) is 0 Å². The Morgan fingerprint density at radius 2 is 1.94 bits per heavy atom. The summed E-state index contributed by atoms with van der Waals surface area (Å²) in [5.41, 5.74) is 4.14. The fourth-order valence-corrected chi connectivity index (χ4v) is 4.73. The van der Waals surface area contributed by atoms with E-state index in [1.165, 1.54) is 0 Å². The highest BCUT2D eigenvalue weighted by Gasteiger charge is 2.32. The van der Waals surface area contributed by atoms with Crippen molar-refractivity contribution in [1.29, 1.82) is 0 Å². The average molecular weight is 488 g/mol. The van der Waals surface area contributed by atoms with Crippen molar-refractivity contribution in [2.75, 3.05) is 5.32 Å². The highest BCUT2D eigenvalue weighted by Crippen LogP contribution is 2.38. The van der Waals surface area contributed by atoms with Crippen LogP contribution in [-0.2, 0) is 24.3 Å². The number of carbonyl (C=O) groups is 1. The summed E-state index contributed by atoms with van der Waals surface area (Å²) < 4.78 is 4.11. The lowest BCUT2D eigenvalue weighted by molar-refractivity contribution is -0.137. The summed E-state index contributed by atoms with van der Waals surface area (Å²) in [6.07, 6.45) is -0.0616. The molecular weight excluding hydrogens is 462 g/mol. The number of aryl methyl sites for hydroxylation is 1. The third kappa shape index (κ3) is 4.27. The summed E-state index contributed by atoms with van der Waals surface area (Å²) in [6, 6.07) is 11.7. The van der Waals surface area contributed by atoms with Gasteiger partial charge in [-0.25, -0.2) is 4.79 Å². The monoisotopic (exact) mass is 487 g/mol. The minimum absolute atomic E-state index is 0.109. The van der Waals surface area contributed by atoms with Crippen LogP contribution in [0.4, 0.5) is 5.69 Å². The molecule has 0 bridgehead atoms. The number of aliphatic hydroxyl groups excluding tert-OH is 1. The summed E-state index contributed by atoms with van der Waals surface area (Å²) in [7, 11) is 0. The van der Waals surface area contributed by atoms with Gasteiger partial charge in [0, 0.05) is 29.2 Å². The molecule has 7 nitrogen and oxygen atoms in total. The number of rotatable bonds is 7. The fraction of sp³-hybridized carbons (Fsp3) is 0.391. The molecule has 4 rings (SSSR count). The fourth-order valence-electron chi connectivity index (χ4n) is 4.37. The topological polar surface area (TPSA) is 96.5 Å². The van der Waals surface area contributed by atoms with E-state index in [1.807, 2.05) is 36.4 Å². The zero-order valence-corrected chi connectivity index (χ0v) is 19.1. The number of aliphatic hydroxyl groups is 1. The van der Waals surface area contributed by atoms with Gasteiger partial charge in [-0.3, -0.25) is 13.9 Å². The number of halogens is 1. The van der Waals surface area contributed by atoms with Crippen LogP contribution in [0.25, 0.3) is 11.0 Å². The molecule has 2 atom stereocenters. The van der Waals surface area contributed by atoms with Crippen LogP contribution in [0.3, 0.4) is 0 Å². The van der Waals surface area contributed by atoms with Gasteiger partial charge in [0.25, 0.3) is 0 Å². The first-order valence-corrected chi connectivity index (χ1v) is 11.2. The van der Waals surface area contributed by atoms with Crippen LogP contribution in [0.1, 0.15) is 37.3 Å². The molecule has 0 saturated carbocycles. The predicted molar refractivity (Wildman–Crippen MR) is 124 cm³/mol. The Kier molecular flexibility index (Phi) is 5.94. The number of imidazole rings is 1. The molecule has 3 aromatic rings. The summed E-state index contributed by atoms with van der Waals surface area (Å²) >= 11 is 3.44. The van der Waals surface area contributed by atoms with Gasteiger partial charge in [-0.15, -0.1) is 0 Å². The molecule has 0 amide bonds. The molecular formula is C23H26BrN3O4. The van der Waals surface area contributed by atoms with Crippen LogP contribution in [0, 0.1) is 5.92 Å². The number of nitrogens with one attached hydrogen (secondary N) is 1. The average Bonchev–Trinajstić information content (AvgIpc) is 3.13. The Hall–Kier alpha value is -2.58. The van der Waals surface area contributed by atoms with Crippen LogP contribution in [0.2, 0.25) is 0 Å². The number of nitrogens with zero attached hydrogens (tertiary/aromatic N) is 2. The van der Waals surface area contributed by atoms with Crippen molar-refractivity contribution in [2.45, 2.75) is 51.9 Å². The van der Waals surface area contributed by atoms with E-state index in [9.17, 15) is 14.7 Å². The number of carboxylic acids is 1. The van der Waals surface area contributed by atoms with E-state index in [4.69, 9.17) is 5.11 Å². The van der Waals surface area contributed by atoms with Gasteiger partial charge in [-0.1, -0.05) is 41.9 Å². The van der Waals surface area contributed by atoms with E-state index in [-0.39, 0.29) is 24.6 Å². The maximum Gasteiger partial charge on any atom is 0.329 e.